The van der Waals surface area contributed by atoms with Crippen molar-refractivity contribution in [1.82, 2.24) is 20.1 Å². The standard InChI is InChI=1S/C19H22N4O3S/c1-13-9-14(2)23(22-13)19-21-15(12-27-19)7-8-20-18(24)11-26-17-6-4-5-16(10-17)25-3/h4-6,9-10,12H,7-8,11H2,1-3H3,(H,20,24). The first-order chi connectivity index (χ1) is 13.0. The van der Waals surface area contributed by atoms with Crippen molar-refractivity contribution in [3.8, 4) is 16.6 Å². The van der Waals surface area contributed by atoms with E-state index < -0.39 is 0 Å². The highest BCUT2D eigenvalue weighted by Crippen LogP contribution is 2.19. The van der Waals surface area contributed by atoms with E-state index in [-0.39, 0.29) is 12.5 Å². The van der Waals surface area contributed by atoms with Crippen LogP contribution in [0.2, 0.25) is 0 Å². The van der Waals surface area contributed by atoms with Crippen molar-refractivity contribution >= 4 is 17.2 Å². The van der Waals surface area contributed by atoms with E-state index in [0.717, 1.165) is 22.2 Å². The molecule has 0 saturated heterocycles. The lowest BCUT2D eigenvalue weighted by atomic mass is 10.3. The number of carbonyl (C=O) groups excluding carboxylic acids is 1. The minimum atomic E-state index is -0.174. The number of nitrogens with zero attached hydrogens (tertiary/aromatic N) is 3. The molecule has 0 aliphatic rings. The molecular formula is C19H22N4O3S. The zero-order chi connectivity index (χ0) is 19.2. The topological polar surface area (TPSA) is 78.3 Å². The van der Waals surface area contributed by atoms with Gasteiger partial charge in [-0.3, -0.25) is 4.79 Å². The minimum absolute atomic E-state index is 0.0404. The van der Waals surface area contributed by atoms with Crippen molar-refractivity contribution in [2.45, 2.75) is 20.3 Å². The number of hydrogen-bond acceptors (Lipinski definition) is 6. The van der Waals surface area contributed by atoms with Gasteiger partial charge in [0.2, 0.25) is 5.13 Å². The maximum atomic E-state index is 11.9. The molecule has 1 aromatic carbocycles. The molecule has 0 saturated carbocycles. The number of ether oxygens (including phenoxy) is 2. The van der Waals surface area contributed by atoms with Crippen molar-refractivity contribution in [2.75, 3.05) is 20.3 Å². The zero-order valence-corrected chi connectivity index (χ0v) is 16.4. The van der Waals surface area contributed by atoms with Gasteiger partial charge in [-0.1, -0.05) is 6.07 Å². The Morgan fingerprint density at radius 2 is 2.07 bits per heavy atom. The largest absolute Gasteiger partial charge is 0.497 e. The summed E-state index contributed by atoms with van der Waals surface area (Å²) in [6.45, 7) is 4.42. The lowest BCUT2D eigenvalue weighted by Gasteiger charge is -2.08. The number of nitrogens with one attached hydrogen (secondary N) is 1. The lowest BCUT2D eigenvalue weighted by Crippen LogP contribution is -2.30. The smallest absolute Gasteiger partial charge is 0.257 e. The van der Waals surface area contributed by atoms with Crippen LogP contribution in [0.5, 0.6) is 11.5 Å². The fourth-order valence-corrected chi connectivity index (χ4v) is 3.42. The van der Waals surface area contributed by atoms with Gasteiger partial charge in [-0.2, -0.15) is 5.10 Å². The van der Waals surface area contributed by atoms with Gasteiger partial charge in [-0.25, -0.2) is 9.67 Å². The molecule has 0 atom stereocenters. The van der Waals surface area contributed by atoms with E-state index in [9.17, 15) is 4.79 Å². The number of thiazole rings is 1. The second-order valence-electron chi connectivity index (χ2n) is 6.03. The molecule has 0 aliphatic carbocycles. The van der Waals surface area contributed by atoms with Crippen molar-refractivity contribution in [2.24, 2.45) is 0 Å². The maximum Gasteiger partial charge on any atom is 0.257 e. The van der Waals surface area contributed by atoms with Crippen LogP contribution in [-0.2, 0) is 11.2 Å². The summed E-state index contributed by atoms with van der Waals surface area (Å²) in [5.41, 5.74) is 2.94. The third kappa shape index (κ3) is 5.07. The van der Waals surface area contributed by atoms with Gasteiger partial charge in [0.05, 0.1) is 18.5 Å². The highest BCUT2D eigenvalue weighted by Gasteiger charge is 2.09. The third-order valence-electron chi connectivity index (χ3n) is 3.84. The van der Waals surface area contributed by atoms with E-state index in [1.807, 2.05) is 42.1 Å². The SMILES string of the molecule is COc1cccc(OCC(=O)NCCc2csc(-n3nc(C)cc3C)n2)c1. The number of aromatic nitrogens is 3. The number of aryl methyl sites for hydroxylation is 2. The Bertz CT molecular complexity index is 919. The summed E-state index contributed by atoms with van der Waals surface area (Å²) in [5, 5.41) is 10.1. The molecule has 8 heteroatoms. The summed E-state index contributed by atoms with van der Waals surface area (Å²) in [7, 11) is 1.59. The van der Waals surface area contributed by atoms with Gasteiger partial charge in [0, 0.05) is 30.1 Å². The molecule has 0 spiro atoms. The molecular weight excluding hydrogens is 364 g/mol. The van der Waals surface area contributed by atoms with Crippen LogP contribution in [0.25, 0.3) is 5.13 Å². The van der Waals surface area contributed by atoms with Gasteiger partial charge < -0.3 is 14.8 Å². The molecule has 0 radical (unpaired) electrons. The number of methoxy groups -OCH3 is 1. The summed E-state index contributed by atoms with van der Waals surface area (Å²) in [5.74, 6) is 1.11. The van der Waals surface area contributed by atoms with Gasteiger partial charge in [0.25, 0.3) is 5.91 Å². The zero-order valence-electron chi connectivity index (χ0n) is 15.6. The van der Waals surface area contributed by atoms with E-state index >= 15 is 0 Å². The van der Waals surface area contributed by atoms with Crippen LogP contribution in [0.15, 0.2) is 35.7 Å². The van der Waals surface area contributed by atoms with E-state index in [4.69, 9.17) is 9.47 Å². The van der Waals surface area contributed by atoms with Crippen LogP contribution in [0.4, 0.5) is 0 Å². The molecule has 3 rings (SSSR count). The van der Waals surface area contributed by atoms with Crippen molar-refractivity contribution in [3.63, 3.8) is 0 Å². The Hall–Kier alpha value is -2.87. The number of carbonyl (C=O) groups is 1. The van der Waals surface area contributed by atoms with E-state index in [1.165, 1.54) is 0 Å². The average Bonchev–Trinajstić information content (AvgIpc) is 3.26. The average molecular weight is 386 g/mol. The molecule has 142 valence electrons. The van der Waals surface area contributed by atoms with Crippen LogP contribution in [0, 0.1) is 13.8 Å². The minimum Gasteiger partial charge on any atom is -0.497 e. The maximum absolute atomic E-state index is 11.9. The fourth-order valence-electron chi connectivity index (χ4n) is 2.55. The van der Waals surface area contributed by atoms with Crippen LogP contribution >= 0.6 is 11.3 Å². The molecule has 3 aromatic rings. The van der Waals surface area contributed by atoms with Crippen LogP contribution in [0.3, 0.4) is 0 Å². The second kappa shape index (κ2) is 8.68. The molecule has 1 amide bonds. The van der Waals surface area contributed by atoms with Crippen LogP contribution in [0.1, 0.15) is 17.1 Å². The highest BCUT2D eigenvalue weighted by molar-refractivity contribution is 7.12. The molecule has 0 fully saturated rings. The molecule has 27 heavy (non-hydrogen) atoms. The molecule has 7 nitrogen and oxygen atoms in total. The summed E-state index contributed by atoms with van der Waals surface area (Å²) >= 11 is 1.54. The van der Waals surface area contributed by atoms with Gasteiger partial charge in [-0.05, 0) is 32.0 Å². The number of benzene rings is 1. The molecule has 0 aliphatic heterocycles. The molecule has 0 unspecified atom stereocenters. The van der Waals surface area contributed by atoms with Crippen molar-refractivity contribution in [1.29, 1.82) is 0 Å². The highest BCUT2D eigenvalue weighted by atomic mass is 32.1. The monoisotopic (exact) mass is 386 g/mol. The summed E-state index contributed by atoms with van der Waals surface area (Å²) in [4.78, 5) is 16.5. The Balaban J connectivity index is 1.44. The van der Waals surface area contributed by atoms with Crippen molar-refractivity contribution in [3.05, 3.63) is 52.8 Å². The van der Waals surface area contributed by atoms with Crippen molar-refractivity contribution < 1.29 is 14.3 Å². The van der Waals surface area contributed by atoms with Gasteiger partial charge >= 0.3 is 0 Å². The molecule has 2 aromatic heterocycles. The van der Waals surface area contributed by atoms with Gasteiger partial charge in [0.15, 0.2) is 6.61 Å². The number of rotatable bonds is 8. The normalized spacial score (nSPS) is 10.6. The first kappa shape index (κ1) is 18.9. The summed E-state index contributed by atoms with van der Waals surface area (Å²) in [6.07, 6.45) is 0.653. The van der Waals surface area contributed by atoms with E-state index in [2.05, 4.69) is 15.4 Å². The number of hydrogen-bond donors (Lipinski definition) is 1. The van der Waals surface area contributed by atoms with Gasteiger partial charge in [0.1, 0.15) is 11.5 Å². The van der Waals surface area contributed by atoms with E-state index in [0.29, 0.717) is 24.5 Å². The number of amides is 1. The van der Waals surface area contributed by atoms with Crippen LogP contribution in [-0.4, -0.2) is 40.9 Å². The Kier molecular flexibility index (Phi) is 6.08. The summed E-state index contributed by atoms with van der Waals surface area (Å²) in [6, 6.07) is 9.17. The third-order valence-corrected chi connectivity index (χ3v) is 4.71. The first-order valence-electron chi connectivity index (χ1n) is 8.57. The lowest BCUT2D eigenvalue weighted by molar-refractivity contribution is -0.123. The first-order valence-corrected chi connectivity index (χ1v) is 9.44. The molecule has 1 N–H and O–H groups in total. The van der Waals surface area contributed by atoms with Crippen LogP contribution < -0.4 is 14.8 Å². The predicted molar refractivity (Wildman–Crippen MR) is 104 cm³/mol. The molecule has 2 heterocycles. The molecule has 0 bridgehead atoms. The second-order valence-corrected chi connectivity index (χ2v) is 6.86. The fraction of sp³-hybridized carbons (Fsp3) is 0.316. The Morgan fingerprint density at radius 1 is 1.26 bits per heavy atom. The quantitative estimate of drug-likeness (QED) is 0.644. The van der Waals surface area contributed by atoms with E-state index in [1.54, 1.807) is 30.6 Å². The Morgan fingerprint density at radius 3 is 2.81 bits per heavy atom. The van der Waals surface area contributed by atoms with Gasteiger partial charge in [-0.15, -0.1) is 11.3 Å². The summed E-state index contributed by atoms with van der Waals surface area (Å²) < 4.78 is 12.4. The Labute approximate surface area is 162 Å². The predicted octanol–water partition coefficient (Wildman–Crippen LogP) is 2.69.